The maximum Gasteiger partial charge on any atom is 0.255 e. The summed E-state index contributed by atoms with van der Waals surface area (Å²) in [6.45, 7) is 1.84. The molecule has 31 heavy (non-hydrogen) atoms. The second-order valence-corrected chi connectivity index (χ2v) is 7.81. The summed E-state index contributed by atoms with van der Waals surface area (Å²) in [6.07, 6.45) is 4.24. The summed E-state index contributed by atoms with van der Waals surface area (Å²) in [4.78, 5) is 21.9. The van der Waals surface area contributed by atoms with Gasteiger partial charge in [-0.15, -0.1) is 0 Å². The number of aliphatic hydroxyl groups is 1. The van der Waals surface area contributed by atoms with Crippen LogP contribution in [0.4, 0.5) is 11.6 Å². The van der Waals surface area contributed by atoms with Crippen molar-refractivity contribution >= 4 is 40.7 Å². The molecule has 1 unspecified atom stereocenters. The second kappa shape index (κ2) is 9.05. The molecule has 1 amide bonds. The highest BCUT2D eigenvalue weighted by Gasteiger charge is 2.35. The molecule has 10 heteroatoms. The van der Waals surface area contributed by atoms with E-state index in [-0.39, 0.29) is 12.5 Å². The van der Waals surface area contributed by atoms with Gasteiger partial charge in [0.15, 0.2) is 5.82 Å². The monoisotopic (exact) mass is 458 g/mol. The summed E-state index contributed by atoms with van der Waals surface area (Å²) in [5.74, 6) is 0.725. The van der Waals surface area contributed by atoms with E-state index in [4.69, 9.17) is 28.3 Å². The Kier molecular flexibility index (Phi) is 6.22. The molecule has 0 saturated carbocycles. The molecule has 1 aromatic carbocycles. The number of carbonyl (C=O) groups excluding carboxylic acids is 1. The van der Waals surface area contributed by atoms with Gasteiger partial charge in [-0.3, -0.25) is 9.78 Å². The molecule has 0 aliphatic carbocycles. The van der Waals surface area contributed by atoms with E-state index in [0.717, 1.165) is 0 Å². The molecule has 0 radical (unpaired) electrons. The molecular weight excluding hydrogens is 439 g/mol. The van der Waals surface area contributed by atoms with Crippen molar-refractivity contribution in [2.75, 3.05) is 17.2 Å². The Morgan fingerprint density at radius 1 is 1.29 bits per heavy atom. The van der Waals surface area contributed by atoms with E-state index in [2.05, 4.69) is 25.7 Å². The third-order valence-electron chi connectivity index (χ3n) is 4.90. The van der Waals surface area contributed by atoms with Crippen molar-refractivity contribution in [1.29, 1.82) is 0 Å². The second-order valence-electron chi connectivity index (χ2n) is 7.03. The van der Waals surface area contributed by atoms with Gasteiger partial charge in [-0.05, 0) is 31.5 Å². The zero-order chi connectivity index (χ0) is 22.0. The van der Waals surface area contributed by atoms with Gasteiger partial charge in [-0.25, -0.2) is 4.68 Å². The van der Waals surface area contributed by atoms with Gasteiger partial charge >= 0.3 is 0 Å². The Hall–Kier alpha value is -2.94. The molecule has 0 saturated heterocycles. The van der Waals surface area contributed by atoms with Crippen molar-refractivity contribution in [3.63, 3.8) is 0 Å². The van der Waals surface area contributed by atoms with Crippen LogP contribution in [0.15, 0.2) is 54.0 Å². The van der Waals surface area contributed by atoms with Crippen LogP contribution in [-0.4, -0.2) is 37.4 Å². The first kappa shape index (κ1) is 21.3. The number of hydrogen-bond acceptors (Lipinski definition) is 6. The van der Waals surface area contributed by atoms with Gasteiger partial charge in [0.2, 0.25) is 5.95 Å². The van der Waals surface area contributed by atoms with Gasteiger partial charge < -0.3 is 15.7 Å². The van der Waals surface area contributed by atoms with Crippen LogP contribution in [0, 0.1) is 0 Å². The van der Waals surface area contributed by atoms with E-state index >= 15 is 0 Å². The van der Waals surface area contributed by atoms with Crippen LogP contribution in [0.2, 0.25) is 10.0 Å². The lowest BCUT2D eigenvalue weighted by Gasteiger charge is -2.29. The zero-order valence-corrected chi connectivity index (χ0v) is 18.2. The minimum atomic E-state index is -0.644. The fourth-order valence-corrected chi connectivity index (χ4v) is 3.90. The molecule has 3 heterocycles. The van der Waals surface area contributed by atoms with Crippen molar-refractivity contribution in [2.45, 2.75) is 25.8 Å². The zero-order valence-electron chi connectivity index (χ0n) is 16.6. The van der Waals surface area contributed by atoms with Crippen molar-refractivity contribution in [3.8, 4) is 0 Å². The lowest BCUT2D eigenvalue weighted by Crippen LogP contribution is -2.31. The smallest absolute Gasteiger partial charge is 0.255 e. The molecule has 0 bridgehead atoms. The number of hydrogen-bond donors (Lipinski definition) is 3. The minimum absolute atomic E-state index is 0.0386. The van der Waals surface area contributed by atoms with E-state index in [1.54, 1.807) is 48.3 Å². The minimum Gasteiger partial charge on any atom is -0.396 e. The Bertz CT molecular complexity index is 1150. The quantitative estimate of drug-likeness (QED) is 0.518. The first-order valence-corrected chi connectivity index (χ1v) is 10.4. The average molecular weight is 459 g/mol. The summed E-state index contributed by atoms with van der Waals surface area (Å²) in [6, 6.07) is 8.13. The van der Waals surface area contributed by atoms with Gasteiger partial charge in [-0.1, -0.05) is 35.3 Å². The number of pyridine rings is 1. The Morgan fingerprint density at radius 3 is 2.87 bits per heavy atom. The molecule has 1 aliphatic heterocycles. The van der Waals surface area contributed by atoms with E-state index in [0.29, 0.717) is 57.2 Å². The van der Waals surface area contributed by atoms with Crippen molar-refractivity contribution in [1.82, 2.24) is 19.7 Å². The van der Waals surface area contributed by atoms with Gasteiger partial charge in [-0.2, -0.15) is 10.1 Å². The van der Waals surface area contributed by atoms with Gasteiger partial charge in [0.1, 0.15) is 6.04 Å². The van der Waals surface area contributed by atoms with Gasteiger partial charge in [0.05, 0.1) is 27.5 Å². The van der Waals surface area contributed by atoms with Gasteiger partial charge in [0.25, 0.3) is 5.91 Å². The molecule has 3 aromatic rings. The van der Waals surface area contributed by atoms with Crippen molar-refractivity contribution in [2.24, 2.45) is 0 Å². The Balaban J connectivity index is 1.81. The van der Waals surface area contributed by atoms with Crippen LogP contribution < -0.4 is 10.6 Å². The number of aryl methyl sites for hydroxylation is 1. The first-order valence-electron chi connectivity index (χ1n) is 9.69. The summed E-state index contributed by atoms with van der Waals surface area (Å²) in [5.41, 5.74) is 2.25. The third-order valence-corrected chi connectivity index (χ3v) is 5.73. The highest BCUT2D eigenvalue weighted by molar-refractivity contribution is 6.42. The van der Waals surface area contributed by atoms with Crippen LogP contribution in [0.5, 0.6) is 0 Å². The number of anilines is 2. The van der Waals surface area contributed by atoms with Crippen LogP contribution in [0.3, 0.4) is 0 Å². The number of carbonyl (C=O) groups is 1. The number of benzene rings is 1. The largest absolute Gasteiger partial charge is 0.396 e. The van der Waals surface area contributed by atoms with E-state index in [9.17, 15) is 4.79 Å². The number of nitrogens with one attached hydrogen (secondary N) is 2. The molecule has 0 fully saturated rings. The molecule has 160 valence electrons. The summed E-state index contributed by atoms with van der Waals surface area (Å²) < 4.78 is 1.63. The maximum absolute atomic E-state index is 13.3. The predicted octanol–water partition coefficient (Wildman–Crippen LogP) is 3.83. The number of halogens is 2. The third kappa shape index (κ3) is 4.27. The molecule has 4 rings (SSSR count). The molecule has 2 aromatic heterocycles. The standard InChI is InChI=1S/C21H20Cl2N6O2/c1-12-17(20(31)26-13-5-3-9-24-11-13)19(14-6-2-7-15(22)18(14)23)29-21(25-12)27-16(28-29)8-4-10-30/h2-3,5-7,9,11,19,30H,4,8,10H2,1H3,(H,26,31)(H,25,27,28). The SMILES string of the molecule is CC1=C(C(=O)Nc2cccnc2)C(c2cccc(Cl)c2Cl)n2nc(CCCO)nc2N1. The predicted molar refractivity (Wildman–Crippen MR) is 119 cm³/mol. The number of allylic oxidation sites excluding steroid dienone is 1. The lowest BCUT2D eigenvalue weighted by atomic mass is 9.95. The first-order chi connectivity index (χ1) is 15.0. The molecule has 1 aliphatic rings. The van der Waals surface area contributed by atoms with Gasteiger partial charge in [0, 0.05) is 30.5 Å². The Morgan fingerprint density at radius 2 is 2.13 bits per heavy atom. The van der Waals surface area contributed by atoms with Crippen LogP contribution in [-0.2, 0) is 11.2 Å². The Labute approximate surface area is 188 Å². The lowest BCUT2D eigenvalue weighted by molar-refractivity contribution is -0.113. The molecule has 8 nitrogen and oxygen atoms in total. The highest BCUT2D eigenvalue weighted by atomic mass is 35.5. The molecule has 3 N–H and O–H groups in total. The number of aromatic nitrogens is 4. The van der Waals surface area contributed by atoms with E-state index in [1.807, 2.05) is 6.07 Å². The van der Waals surface area contributed by atoms with Crippen LogP contribution in [0.25, 0.3) is 0 Å². The summed E-state index contributed by atoms with van der Waals surface area (Å²) in [7, 11) is 0. The van der Waals surface area contributed by atoms with Crippen LogP contribution >= 0.6 is 23.2 Å². The van der Waals surface area contributed by atoms with Crippen molar-refractivity contribution < 1.29 is 9.90 Å². The number of amides is 1. The van der Waals surface area contributed by atoms with Crippen LogP contribution in [0.1, 0.15) is 30.8 Å². The topological polar surface area (TPSA) is 105 Å². The highest BCUT2D eigenvalue weighted by Crippen LogP contribution is 2.40. The average Bonchev–Trinajstić information content (AvgIpc) is 3.16. The number of rotatable bonds is 6. The fraction of sp³-hybridized carbons (Fsp3) is 0.238. The fourth-order valence-electron chi connectivity index (χ4n) is 3.49. The summed E-state index contributed by atoms with van der Waals surface area (Å²) >= 11 is 12.8. The number of nitrogens with zero attached hydrogens (tertiary/aromatic N) is 4. The molecule has 1 atom stereocenters. The van der Waals surface area contributed by atoms with Crippen molar-refractivity contribution in [3.05, 3.63) is 75.4 Å². The normalized spacial score (nSPS) is 15.4. The molecular formula is C21H20Cl2N6O2. The molecule has 0 spiro atoms. The van der Waals surface area contributed by atoms with E-state index < -0.39 is 6.04 Å². The summed E-state index contributed by atoms with van der Waals surface area (Å²) in [5, 5.41) is 20.5. The number of fused-ring (bicyclic) bond motifs is 1. The number of aliphatic hydroxyl groups excluding tert-OH is 1. The van der Waals surface area contributed by atoms with E-state index in [1.165, 1.54) is 0 Å². The maximum atomic E-state index is 13.3.